The minimum Gasteiger partial charge on any atom is -0.329 e. The van der Waals surface area contributed by atoms with Crippen LogP contribution in [-0.4, -0.2) is 31.8 Å². The molecule has 3 nitrogen and oxygen atoms in total. The lowest BCUT2D eigenvalue weighted by Crippen LogP contribution is -3.10. The zero-order valence-corrected chi connectivity index (χ0v) is 15.2. The number of amides is 1. The Morgan fingerprint density at radius 3 is 2.58 bits per heavy atom. The SMILES string of the molecule is Cc1cccc(NC(=O)C[NH+](C)CCSc2ccc(F)cc2)c1C. The summed E-state index contributed by atoms with van der Waals surface area (Å²) in [7, 11) is 2.01. The van der Waals surface area contributed by atoms with Crippen molar-refractivity contribution in [2.45, 2.75) is 18.7 Å². The molecule has 24 heavy (non-hydrogen) atoms. The van der Waals surface area contributed by atoms with Gasteiger partial charge in [-0.1, -0.05) is 12.1 Å². The summed E-state index contributed by atoms with van der Waals surface area (Å²) in [4.78, 5) is 14.4. The Bertz CT molecular complexity index is 688. The van der Waals surface area contributed by atoms with Crippen LogP contribution in [0.2, 0.25) is 0 Å². The molecule has 2 aromatic rings. The third-order valence-electron chi connectivity index (χ3n) is 3.95. The first-order chi connectivity index (χ1) is 11.5. The van der Waals surface area contributed by atoms with Crippen molar-refractivity contribution in [3.05, 3.63) is 59.4 Å². The van der Waals surface area contributed by atoms with Crippen LogP contribution < -0.4 is 10.2 Å². The van der Waals surface area contributed by atoms with Crippen molar-refractivity contribution in [3.63, 3.8) is 0 Å². The Labute approximate surface area is 147 Å². The summed E-state index contributed by atoms with van der Waals surface area (Å²) in [6, 6.07) is 12.4. The molecule has 2 rings (SSSR count). The number of nitrogens with one attached hydrogen (secondary N) is 2. The van der Waals surface area contributed by atoms with E-state index in [9.17, 15) is 9.18 Å². The molecule has 2 aromatic carbocycles. The van der Waals surface area contributed by atoms with Gasteiger partial charge in [0, 0.05) is 16.3 Å². The van der Waals surface area contributed by atoms with Crippen molar-refractivity contribution >= 4 is 23.4 Å². The van der Waals surface area contributed by atoms with Crippen molar-refractivity contribution in [1.29, 1.82) is 0 Å². The number of carbonyl (C=O) groups is 1. The van der Waals surface area contributed by atoms with Crippen molar-refractivity contribution in [2.24, 2.45) is 0 Å². The Morgan fingerprint density at radius 1 is 1.17 bits per heavy atom. The van der Waals surface area contributed by atoms with Gasteiger partial charge in [0.2, 0.25) is 0 Å². The summed E-state index contributed by atoms with van der Waals surface area (Å²) in [5.41, 5.74) is 3.16. The number of halogens is 1. The molecule has 2 N–H and O–H groups in total. The van der Waals surface area contributed by atoms with Crippen molar-refractivity contribution < 1.29 is 14.1 Å². The number of thioether (sulfide) groups is 1. The van der Waals surface area contributed by atoms with E-state index in [1.807, 2.05) is 39.1 Å². The van der Waals surface area contributed by atoms with E-state index in [0.29, 0.717) is 6.54 Å². The molecule has 0 saturated heterocycles. The maximum atomic E-state index is 12.9. The summed E-state index contributed by atoms with van der Waals surface area (Å²) >= 11 is 1.67. The maximum Gasteiger partial charge on any atom is 0.279 e. The molecule has 128 valence electrons. The van der Waals surface area contributed by atoms with Crippen LogP contribution in [0, 0.1) is 19.7 Å². The second kappa shape index (κ2) is 8.85. The highest BCUT2D eigenvalue weighted by molar-refractivity contribution is 7.99. The lowest BCUT2D eigenvalue weighted by atomic mass is 10.1. The smallest absolute Gasteiger partial charge is 0.279 e. The maximum absolute atomic E-state index is 12.9. The molecule has 0 heterocycles. The van der Waals surface area contributed by atoms with Gasteiger partial charge in [0.05, 0.1) is 13.6 Å². The van der Waals surface area contributed by atoms with Gasteiger partial charge in [-0.15, -0.1) is 11.8 Å². The van der Waals surface area contributed by atoms with Crippen molar-refractivity contribution in [1.82, 2.24) is 0 Å². The third-order valence-corrected chi connectivity index (χ3v) is 4.97. The molecule has 0 bridgehead atoms. The Kier molecular flexibility index (Phi) is 6.82. The quantitative estimate of drug-likeness (QED) is 0.755. The summed E-state index contributed by atoms with van der Waals surface area (Å²) in [6.07, 6.45) is 0. The monoisotopic (exact) mass is 347 g/mol. The zero-order valence-electron chi connectivity index (χ0n) is 14.4. The van der Waals surface area contributed by atoms with Gasteiger partial charge in [-0.05, 0) is 55.3 Å². The van der Waals surface area contributed by atoms with Gasteiger partial charge < -0.3 is 10.2 Å². The molecular formula is C19H24FN2OS+. The van der Waals surface area contributed by atoms with Crippen LogP contribution in [0.5, 0.6) is 0 Å². The number of carbonyl (C=O) groups excluding carboxylic acids is 1. The van der Waals surface area contributed by atoms with Crippen LogP contribution in [0.3, 0.4) is 0 Å². The van der Waals surface area contributed by atoms with Crippen LogP contribution in [0.25, 0.3) is 0 Å². The van der Waals surface area contributed by atoms with E-state index in [4.69, 9.17) is 0 Å². The summed E-state index contributed by atoms with van der Waals surface area (Å²) in [5, 5.41) is 2.99. The first kappa shape index (κ1) is 18.5. The number of rotatable bonds is 7. The second-order valence-corrected chi connectivity index (χ2v) is 7.15. The largest absolute Gasteiger partial charge is 0.329 e. The Hall–Kier alpha value is -1.85. The molecule has 1 amide bonds. The van der Waals surface area contributed by atoms with Gasteiger partial charge >= 0.3 is 0 Å². The average molecular weight is 347 g/mol. The highest BCUT2D eigenvalue weighted by Crippen LogP contribution is 2.18. The average Bonchev–Trinajstić information content (AvgIpc) is 2.53. The van der Waals surface area contributed by atoms with Crippen molar-refractivity contribution in [3.8, 4) is 0 Å². The van der Waals surface area contributed by atoms with Crippen LogP contribution in [0.15, 0.2) is 47.4 Å². The van der Waals surface area contributed by atoms with E-state index < -0.39 is 0 Å². The van der Waals surface area contributed by atoms with E-state index >= 15 is 0 Å². The lowest BCUT2D eigenvalue weighted by Gasteiger charge is -2.15. The molecule has 0 aliphatic rings. The van der Waals surface area contributed by atoms with E-state index in [-0.39, 0.29) is 11.7 Å². The molecule has 0 saturated carbocycles. The third kappa shape index (κ3) is 5.65. The van der Waals surface area contributed by atoms with E-state index in [2.05, 4.69) is 5.32 Å². The van der Waals surface area contributed by atoms with Crippen LogP contribution >= 0.6 is 11.8 Å². The molecule has 0 aliphatic heterocycles. The van der Waals surface area contributed by atoms with Gasteiger partial charge in [-0.2, -0.15) is 0 Å². The summed E-state index contributed by atoms with van der Waals surface area (Å²) in [5.74, 6) is 0.687. The van der Waals surface area contributed by atoms with Crippen LogP contribution in [-0.2, 0) is 4.79 Å². The predicted octanol–water partition coefficient (Wildman–Crippen LogP) is 2.69. The fourth-order valence-corrected chi connectivity index (χ4v) is 3.33. The number of anilines is 1. The van der Waals surface area contributed by atoms with E-state index in [1.165, 1.54) is 17.7 Å². The zero-order chi connectivity index (χ0) is 17.5. The first-order valence-corrected chi connectivity index (χ1v) is 9.00. The Morgan fingerprint density at radius 2 is 1.88 bits per heavy atom. The molecule has 1 unspecified atom stereocenters. The van der Waals surface area contributed by atoms with Crippen LogP contribution in [0.1, 0.15) is 11.1 Å². The molecule has 0 aromatic heterocycles. The van der Waals surface area contributed by atoms with Crippen LogP contribution in [0.4, 0.5) is 10.1 Å². The van der Waals surface area contributed by atoms with Gasteiger partial charge in [0.15, 0.2) is 6.54 Å². The number of quaternary nitrogens is 1. The number of aryl methyl sites for hydroxylation is 1. The van der Waals surface area contributed by atoms with Gasteiger partial charge in [0.25, 0.3) is 5.91 Å². The minimum atomic E-state index is -0.217. The Balaban J connectivity index is 1.75. The predicted molar refractivity (Wildman–Crippen MR) is 98.3 cm³/mol. The summed E-state index contributed by atoms with van der Waals surface area (Å²) in [6.45, 7) is 5.34. The molecule has 0 radical (unpaired) electrons. The highest BCUT2D eigenvalue weighted by atomic mass is 32.2. The van der Waals surface area contributed by atoms with Gasteiger partial charge in [-0.25, -0.2) is 4.39 Å². The molecule has 0 aliphatic carbocycles. The fourth-order valence-electron chi connectivity index (χ4n) is 2.32. The normalized spacial score (nSPS) is 12.0. The number of hydrogen-bond donors (Lipinski definition) is 2. The van der Waals surface area contributed by atoms with Gasteiger partial charge in [-0.3, -0.25) is 4.79 Å². The molecular weight excluding hydrogens is 323 g/mol. The number of likely N-dealkylation sites (N-methyl/N-ethyl adjacent to an activating group) is 1. The van der Waals surface area contributed by atoms with Gasteiger partial charge in [0.1, 0.15) is 5.82 Å². The molecule has 1 atom stereocenters. The minimum absolute atomic E-state index is 0.0213. The first-order valence-electron chi connectivity index (χ1n) is 8.01. The second-order valence-electron chi connectivity index (χ2n) is 5.98. The fraction of sp³-hybridized carbons (Fsp3) is 0.316. The number of hydrogen-bond acceptors (Lipinski definition) is 2. The van der Waals surface area contributed by atoms with E-state index in [1.54, 1.807) is 23.9 Å². The number of benzene rings is 2. The molecule has 5 heteroatoms. The molecule has 0 spiro atoms. The van der Waals surface area contributed by atoms with E-state index in [0.717, 1.165) is 33.3 Å². The standard InChI is InChI=1S/C19H23FN2OS/c1-14-5-4-6-18(15(14)2)21-19(23)13-22(3)11-12-24-17-9-7-16(20)8-10-17/h4-10H,11-13H2,1-3H3,(H,21,23)/p+1. The topological polar surface area (TPSA) is 33.5 Å². The lowest BCUT2D eigenvalue weighted by molar-refractivity contribution is -0.868. The summed E-state index contributed by atoms with van der Waals surface area (Å²) < 4.78 is 12.9. The van der Waals surface area contributed by atoms with Crippen molar-refractivity contribution in [2.75, 3.05) is 31.2 Å². The highest BCUT2D eigenvalue weighted by Gasteiger charge is 2.11. The molecule has 0 fully saturated rings.